The fourth-order valence-corrected chi connectivity index (χ4v) is 2.67. The van der Waals surface area contributed by atoms with E-state index in [1.54, 1.807) is 0 Å². The SMILES string of the molecule is Cc1c(Cl)cc[c]([SnH3])c1C. The third-order valence-electron chi connectivity index (χ3n) is 1.99. The predicted molar refractivity (Wildman–Crippen MR) is 50.5 cm³/mol. The van der Waals surface area contributed by atoms with Crippen LogP contribution in [-0.4, -0.2) is 22.5 Å². The average Bonchev–Trinajstić information content (AvgIpc) is 1.93. The Morgan fingerprint density at radius 1 is 1.20 bits per heavy atom. The Morgan fingerprint density at radius 3 is 2.30 bits per heavy atom. The number of hydrogen-bond acceptors (Lipinski definition) is 0. The molecule has 2 heteroatoms. The Balaban J connectivity index is 3.34. The Labute approximate surface area is 79.7 Å². The first kappa shape index (κ1) is 8.41. The zero-order valence-corrected chi connectivity index (χ0v) is 13.0. The second kappa shape index (κ2) is 3.14. The van der Waals surface area contributed by atoms with E-state index in [0.29, 0.717) is 22.5 Å². The van der Waals surface area contributed by atoms with Crippen molar-refractivity contribution in [1.82, 2.24) is 0 Å². The van der Waals surface area contributed by atoms with Gasteiger partial charge in [0, 0.05) is 0 Å². The van der Waals surface area contributed by atoms with E-state index in [-0.39, 0.29) is 0 Å². The molecule has 0 saturated heterocycles. The molecule has 0 fully saturated rings. The van der Waals surface area contributed by atoms with Gasteiger partial charge in [-0.1, -0.05) is 0 Å². The number of halogens is 1. The zero-order chi connectivity index (χ0) is 7.72. The van der Waals surface area contributed by atoms with Crippen LogP contribution in [0.2, 0.25) is 5.02 Å². The molecule has 0 aliphatic heterocycles. The Morgan fingerprint density at radius 2 is 1.80 bits per heavy atom. The van der Waals surface area contributed by atoms with Crippen LogP contribution < -0.4 is 3.58 Å². The summed E-state index contributed by atoms with van der Waals surface area (Å²) in [5, 5.41) is 0.898. The molecule has 0 heterocycles. The summed E-state index contributed by atoms with van der Waals surface area (Å²) in [5.41, 5.74) is 2.64. The first-order valence-corrected chi connectivity index (χ1v) is 6.58. The zero-order valence-electron chi connectivity index (χ0n) is 6.53. The topological polar surface area (TPSA) is 0 Å². The summed E-state index contributed by atoms with van der Waals surface area (Å²) < 4.78 is 1.52. The van der Waals surface area contributed by atoms with Crippen LogP contribution in [0.1, 0.15) is 11.1 Å². The Bertz CT molecular complexity index is 229. The van der Waals surface area contributed by atoms with Gasteiger partial charge >= 0.3 is 79.8 Å². The van der Waals surface area contributed by atoms with Crippen LogP contribution in [0.25, 0.3) is 0 Å². The third kappa shape index (κ3) is 1.48. The first-order chi connectivity index (χ1) is 4.63. The average molecular weight is 261 g/mol. The van der Waals surface area contributed by atoms with Gasteiger partial charge in [-0.2, -0.15) is 0 Å². The van der Waals surface area contributed by atoms with Gasteiger partial charge in [-0.15, -0.1) is 0 Å². The van der Waals surface area contributed by atoms with Gasteiger partial charge in [0.25, 0.3) is 0 Å². The standard InChI is InChI=1S/C8H8Cl.Sn.3H/c1-6-4-3-5-8(9)7(6)2;;;;/h3,5H,1-2H3;;;;. The Kier molecular flexibility index (Phi) is 2.64. The molecule has 10 heavy (non-hydrogen) atoms. The molecule has 0 aliphatic carbocycles. The van der Waals surface area contributed by atoms with Crippen molar-refractivity contribution >= 4 is 37.7 Å². The molecule has 0 unspecified atom stereocenters. The van der Waals surface area contributed by atoms with Gasteiger partial charge in [0.15, 0.2) is 0 Å². The van der Waals surface area contributed by atoms with Gasteiger partial charge < -0.3 is 0 Å². The Hall–Kier alpha value is 0.309. The van der Waals surface area contributed by atoms with Crippen molar-refractivity contribution in [3.05, 3.63) is 28.3 Å². The molecule has 0 amide bonds. The fourth-order valence-electron chi connectivity index (χ4n) is 0.923. The van der Waals surface area contributed by atoms with Crippen molar-refractivity contribution in [3.63, 3.8) is 0 Å². The van der Waals surface area contributed by atoms with Gasteiger partial charge in [0.1, 0.15) is 0 Å². The predicted octanol–water partition coefficient (Wildman–Crippen LogP) is 0.948. The summed E-state index contributed by atoms with van der Waals surface area (Å²) in [6, 6.07) is 4.14. The number of rotatable bonds is 0. The maximum atomic E-state index is 5.91. The van der Waals surface area contributed by atoms with Crippen LogP contribution in [0.5, 0.6) is 0 Å². The van der Waals surface area contributed by atoms with Crippen molar-refractivity contribution in [3.8, 4) is 0 Å². The summed E-state index contributed by atoms with van der Waals surface area (Å²) >= 11 is 6.52. The summed E-state index contributed by atoms with van der Waals surface area (Å²) in [4.78, 5) is 0. The molecule has 1 aromatic rings. The molecule has 1 aromatic carbocycles. The van der Waals surface area contributed by atoms with Crippen LogP contribution in [0.15, 0.2) is 12.1 Å². The van der Waals surface area contributed by atoms with Crippen molar-refractivity contribution < 1.29 is 0 Å². The summed E-state index contributed by atoms with van der Waals surface area (Å²) in [5.74, 6) is 0. The van der Waals surface area contributed by atoms with Crippen molar-refractivity contribution in [2.45, 2.75) is 13.8 Å². The normalized spacial score (nSPS) is 10.3. The molecular formula is C8H11ClSn. The van der Waals surface area contributed by atoms with Crippen LogP contribution in [0.4, 0.5) is 0 Å². The van der Waals surface area contributed by atoms with Crippen LogP contribution in [0.3, 0.4) is 0 Å². The summed E-state index contributed by atoms with van der Waals surface area (Å²) in [7, 11) is 0. The van der Waals surface area contributed by atoms with Gasteiger partial charge in [-0.05, 0) is 0 Å². The van der Waals surface area contributed by atoms with Gasteiger partial charge in [-0.3, -0.25) is 0 Å². The molecule has 0 nitrogen and oxygen atoms in total. The van der Waals surface area contributed by atoms with Gasteiger partial charge in [0.2, 0.25) is 0 Å². The summed E-state index contributed by atoms with van der Waals surface area (Å²) in [6.07, 6.45) is 0. The molecule has 54 valence electrons. The molecule has 0 radical (unpaired) electrons. The first-order valence-electron chi connectivity index (χ1n) is 3.35. The number of benzene rings is 1. The van der Waals surface area contributed by atoms with E-state index in [1.165, 1.54) is 14.7 Å². The molecule has 0 atom stereocenters. The van der Waals surface area contributed by atoms with Crippen LogP contribution in [-0.2, 0) is 0 Å². The van der Waals surface area contributed by atoms with E-state index in [0.717, 1.165) is 5.02 Å². The molecule has 0 spiro atoms. The van der Waals surface area contributed by atoms with E-state index >= 15 is 0 Å². The second-order valence-corrected chi connectivity index (χ2v) is 6.10. The minimum absolute atomic E-state index is 0.611. The van der Waals surface area contributed by atoms with Gasteiger partial charge in [0.05, 0.1) is 0 Å². The number of hydrogen-bond donors (Lipinski definition) is 0. The van der Waals surface area contributed by atoms with Crippen LogP contribution >= 0.6 is 11.6 Å². The van der Waals surface area contributed by atoms with Crippen LogP contribution in [0, 0.1) is 13.8 Å². The second-order valence-electron chi connectivity index (χ2n) is 2.61. The van der Waals surface area contributed by atoms with Crippen molar-refractivity contribution in [2.24, 2.45) is 0 Å². The monoisotopic (exact) mass is 262 g/mol. The molecule has 0 aromatic heterocycles. The molecule has 0 aliphatic rings. The van der Waals surface area contributed by atoms with E-state index in [2.05, 4.69) is 19.9 Å². The fraction of sp³-hybridized carbons (Fsp3) is 0.250. The van der Waals surface area contributed by atoms with E-state index in [1.807, 2.05) is 6.07 Å². The van der Waals surface area contributed by atoms with Gasteiger partial charge in [-0.25, -0.2) is 0 Å². The van der Waals surface area contributed by atoms with E-state index in [4.69, 9.17) is 11.6 Å². The van der Waals surface area contributed by atoms with E-state index in [9.17, 15) is 0 Å². The molecule has 0 saturated carbocycles. The van der Waals surface area contributed by atoms with Crippen molar-refractivity contribution in [1.29, 1.82) is 0 Å². The maximum absolute atomic E-state index is 5.91. The van der Waals surface area contributed by atoms with Crippen molar-refractivity contribution in [2.75, 3.05) is 0 Å². The molecule has 0 bridgehead atoms. The summed E-state index contributed by atoms with van der Waals surface area (Å²) in [6.45, 7) is 4.23. The molecule has 0 N–H and O–H groups in total. The third-order valence-corrected chi connectivity index (χ3v) is 5.49. The minimum atomic E-state index is 0.611. The quantitative estimate of drug-likeness (QED) is 0.610. The molecular weight excluding hydrogens is 250 g/mol. The van der Waals surface area contributed by atoms with E-state index < -0.39 is 0 Å². The molecule has 1 rings (SSSR count).